The number of thiazole rings is 1. The van der Waals surface area contributed by atoms with Crippen LogP contribution in [0.15, 0.2) is 60.0 Å². The fraction of sp³-hybridized carbons (Fsp3) is 0.150. The van der Waals surface area contributed by atoms with Gasteiger partial charge in [-0.3, -0.25) is 14.6 Å². The lowest BCUT2D eigenvalue weighted by Gasteiger charge is -2.16. The summed E-state index contributed by atoms with van der Waals surface area (Å²) in [6, 6.07) is 14.5. The molecule has 2 aromatic carbocycles. The van der Waals surface area contributed by atoms with Crippen molar-refractivity contribution in [2.75, 3.05) is 11.4 Å². The van der Waals surface area contributed by atoms with Gasteiger partial charge >= 0.3 is 6.03 Å². The van der Waals surface area contributed by atoms with Crippen LogP contribution < -0.4 is 9.64 Å². The second-order valence-corrected chi connectivity index (χ2v) is 7.10. The quantitative estimate of drug-likeness (QED) is 0.593. The zero-order valence-electron chi connectivity index (χ0n) is 14.7. The number of carbonyl (C=O) groups excluding carboxylic acids is 2. The summed E-state index contributed by atoms with van der Waals surface area (Å²) in [5, 5.41) is 2.51. The first-order chi connectivity index (χ1) is 13.6. The van der Waals surface area contributed by atoms with Crippen molar-refractivity contribution in [1.29, 1.82) is 0 Å². The Hall–Kier alpha value is -3.26. The molecule has 6 nitrogen and oxygen atoms in total. The monoisotopic (exact) mass is 397 g/mol. The Labute approximate surface area is 164 Å². The van der Waals surface area contributed by atoms with Crippen molar-refractivity contribution in [3.05, 3.63) is 76.5 Å². The summed E-state index contributed by atoms with van der Waals surface area (Å²) < 4.78 is 18.5. The van der Waals surface area contributed by atoms with Crippen LogP contribution in [0, 0.1) is 5.82 Å². The summed E-state index contributed by atoms with van der Waals surface area (Å²) in [6.07, 6.45) is 0. The van der Waals surface area contributed by atoms with Crippen molar-refractivity contribution < 1.29 is 18.7 Å². The summed E-state index contributed by atoms with van der Waals surface area (Å²) in [4.78, 5) is 32.0. The topological polar surface area (TPSA) is 62.7 Å². The highest BCUT2D eigenvalue weighted by molar-refractivity contribution is 7.09. The number of carbonyl (C=O) groups is 2. The van der Waals surface area contributed by atoms with Gasteiger partial charge in [-0.1, -0.05) is 18.2 Å². The molecule has 0 bridgehead atoms. The van der Waals surface area contributed by atoms with Gasteiger partial charge in [0.2, 0.25) is 0 Å². The van der Waals surface area contributed by atoms with E-state index in [1.165, 1.54) is 33.3 Å². The second-order valence-electron chi connectivity index (χ2n) is 6.16. The summed E-state index contributed by atoms with van der Waals surface area (Å²) in [5.41, 5.74) is 1.31. The highest BCUT2D eigenvalue weighted by Crippen LogP contribution is 2.23. The van der Waals surface area contributed by atoms with Gasteiger partial charge in [0.25, 0.3) is 5.91 Å². The third-order valence-corrected chi connectivity index (χ3v) is 5.09. The van der Waals surface area contributed by atoms with Crippen LogP contribution in [-0.2, 0) is 17.9 Å². The number of amides is 3. The standard InChI is InChI=1S/C20H16FN3O3S/c21-14-6-8-17(9-7-14)27-12-18-22-15(13-28-18)10-24-19(25)11-23(20(24)26)16-4-2-1-3-5-16/h1-9,13H,10-12H2. The van der Waals surface area contributed by atoms with Crippen molar-refractivity contribution in [2.24, 2.45) is 0 Å². The average molecular weight is 397 g/mol. The SMILES string of the molecule is O=C1CN(c2ccccc2)C(=O)N1Cc1csc(COc2ccc(F)cc2)n1. The van der Waals surface area contributed by atoms with Crippen LogP contribution in [0.2, 0.25) is 0 Å². The molecule has 0 unspecified atom stereocenters. The number of urea groups is 1. The first kappa shape index (κ1) is 18.1. The normalized spacial score (nSPS) is 14.0. The molecule has 3 aromatic rings. The van der Waals surface area contributed by atoms with Crippen LogP contribution in [0.4, 0.5) is 14.9 Å². The lowest BCUT2D eigenvalue weighted by atomic mass is 10.3. The molecule has 0 radical (unpaired) electrons. The van der Waals surface area contributed by atoms with Crippen LogP contribution >= 0.6 is 11.3 Å². The van der Waals surface area contributed by atoms with Crippen LogP contribution in [0.1, 0.15) is 10.7 Å². The smallest absolute Gasteiger partial charge is 0.332 e. The first-order valence-electron chi connectivity index (χ1n) is 8.59. The molecule has 1 aromatic heterocycles. The van der Waals surface area contributed by atoms with Gasteiger partial charge in [0.15, 0.2) is 0 Å². The van der Waals surface area contributed by atoms with E-state index in [1.807, 2.05) is 18.2 Å². The van der Waals surface area contributed by atoms with Gasteiger partial charge in [-0.25, -0.2) is 14.2 Å². The molecule has 2 heterocycles. The van der Waals surface area contributed by atoms with E-state index < -0.39 is 0 Å². The molecule has 0 N–H and O–H groups in total. The molecule has 3 amide bonds. The molecule has 28 heavy (non-hydrogen) atoms. The Morgan fingerprint density at radius 3 is 2.57 bits per heavy atom. The number of ether oxygens (including phenoxy) is 1. The minimum atomic E-state index is -0.353. The summed E-state index contributed by atoms with van der Waals surface area (Å²) >= 11 is 1.38. The molecule has 0 spiro atoms. The number of imide groups is 1. The van der Waals surface area contributed by atoms with E-state index in [0.717, 1.165) is 0 Å². The molecule has 1 aliphatic rings. The number of hydrogen-bond donors (Lipinski definition) is 0. The maximum atomic E-state index is 12.9. The third-order valence-electron chi connectivity index (χ3n) is 4.22. The Morgan fingerprint density at radius 1 is 1.07 bits per heavy atom. The molecule has 0 aliphatic carbocycles. The molecule has 1 saturated heterocycles. The van der Waals surface area contributed by atoms with Crippen molar-refractivity contribution >= 4 is 29.0 Å². The molecule has 0 saturated carbocycles. The highest BCUT2D eigenvalue weighted by atomic mass is 32.1. The summed E-state index contributed by atoms with van der Waals surface area (Å²) in [5.74, 6) is -0.0408. The van der Waals surface area contributed by atoms with Crippen molar-refractivity contribution in [2.45, 2.75) is 13.2 Å². The molecule has 0 atom stereocenters. The lowest BCUT2D eigenvalue weighted by molar-refractivity contribution is -0.125. The maximum Gasteiger partial charge on any atom is 0.332 e. The van der Waals surface area contributed by atoms with E-state index in [9.17, 15) is 14.0 Å². The van der Waals surface area contributed by atoms with Gasteiger partial charge in [0, 0.05) is 11.1 Å². The number of nitrogens with zero attached hydrogens (tertiary/aromatic N) is 3. The number of para-hydroxylation sites is 1. The Morgan fingerprint density at radius 2 is 1.82 bits per heavy atom. The van der Waals surface area contributed by atoms with Crippen molar-refractivity contribution in [1.82, 2.24) is 9.88 Å². The predicted octanol–water partition coefficient (Wildman–Crippen LogP) is 3.83. The largest absolute Gasteiger partial charge is 0.486 e. The Balaban J connectivity index is 1.39. The van der Waals surface area contributed by atoms with Gasteiger partial charge < -0.3 is 4.74 Å². The zero-order chi connectivity index (χ0) is 19.5. The van der Waals surface area contributed by atoms with Gasteiger partial charge in [0.1, 0.15) is 29.7 Å². The van der Waals surface area contributed by atoms with E-state index in [2.05, 4.69) is 4.98 Å². The predicted molar refractivity (Wildman–Crippen MR) is 103 cm³/mol. The summed E-state index contributed by atoms with van der Waals surface area (Å²) in [7, 11) is 0. The molecule has 1 aliphatic heterocycles. The van der Waals surface area contributed by atoms with Gasteiger partial charge in [-0.05, 0) is 36.4 Å². The second kappa shape index (κ2) is 7.77. The molecule has 142 valence electrons. The van der Waals surface area contributed by atoms with Crippen LogP contribution in [0.3, 0.4) is 0 Å². The minimum absolute atomic E-state index is 0.0213. The molecule has 8 heteroatoms. The van der Waals surface area contributed by atoms with E-state index in [-0.39, 0.29) is 37.5 Å². The highest BCUT2D eigenvalue weighted by Gasteiger charge is 2.37. The van der Waals surface area contributed by atoms with E-state index in [1.54, 1.807) is 29.6 Å². The van der Waals surface area contributed by atoms with Gasteiger partial charge in [-0.15, -0.1) is 11.3 Å². The first-order valence-corrected chi connectivity index (χ1v) is 9.46. The van der Waals surface area contributed by atoms with Crippen molar-refractivity contribution in [3.63, 3.8) is 0 Å². The Bertz CT molecular complexity index is 991. The molecule has 4 rings (SSSR count). The maximum absolute atomic E-state index is 12.9. The third kappa shape index (κ3) is 3.86. The fourth-order valence-electron chi connectivity index (χ4n) is 2.83. The Kier molecular flexibility index (Phi) is 5.03. The number of aromatic nitrogens is 1. The number of halogens is 1. The molecular formula is C20H16FN3O3S. The molecular weight excluding hydrogens is 381 g/mol. The van der Waals surface area contributed by atoms with Crippen LogP contribution in [-0.4, -0.2) is 28.4 Å². The van der Waals surface area contributed by atoms with Gasteiger partial charge in [-0.2, -0.15) is 0 Å². The van der Waals surface area contributed by atoms with Gasteiger partial charge in [0.05, 0.1) is 12.2 Å². The number of benzene rings is 2. The number of rotatable bonds is 6. The van der Waals surface area contributed by atoms with Crippen LogP contribution in [0.25, 0.3) is 0 Å². The fourth-order valence-corrected chi connectivity index (χ4v) is 3.53. The number of anilines is 1. The summed E-state index contributed by atoms with van der Waals surface area (Å²) in [6.45, 7) is 0.371. The van der Waals surface area contributed by atoms with Crippen molar-refractivity contribution in [3.8, 4) is 5.75 Å². The lowest BCUT2D eigenvalue weighted by Crippen LogP contribution is -2.32. The minimum Gasteiger partial charge on any atom is -0.486 e. The average Bonchev–Trinajstić information content (AvgIpc) is 3.28. The van der Waals surface area contributed by atoms with E-state index >= 15 is 0 Å². The van der Waals surface area contributed by atoms with Crippen LogP contribution in [0.5, 0.6) is 5.75 Å². The molecule has 1 fully saturated rings. The zero-order valence-corrected chi connectivity index (χ0v) is 15.6. The van der Waals surface area contributed by atoms with E-state index in [4.69, 9.17) is 4.74 Å². The van der Waals surface area contributed by atoms with E-state index in [0.29, 0.717) is 22.1 Å². The number of hydrogen-bond acceptors (Lipinski definition) is 5.